The quantitative estimate of drug-likeness (QED) is 0.611. The molecule has 4 nitrogen and oxygen atoms in total. The van der Waals surface area contributed by atoms with E-state index in [0.717, 1.165) is 4.47 Å². The first-order valence-corrected chi connectivity index (χ1v) is 8.23. The molecule has 0 aromatic heterocycles. The summed E-state index contributed by atoms with van der Waals surface area (Å²) in [5.74, 6) is -3.36. The number of hydrogen-bond acceptors (Lipinski definition) is 4. The van der Waals surface area contributed by atoms with E-state index in [1.165, 1.54) is 0 Å². The minimum atomic E-state index is -1.69. The van der Waals surface area contributed by atoms with Gasteiger partial charge in [0.2, 0.25) is 0 Å². The number of halogens is 1. The summed E-state index contributed by atoms with van der Waals surface area (Å²) < 4.78 is 0.929. The molecule has 2 aromatic carbocycles. The maximum absolute atomic E-state index is 9.43. The standard InChI is InChI=1S/C9H11BrO2.C9H12O2/c1-2-9(11,12)7-3-5-8(10)6-4-7;1-2-9(10,11)8-6-4-3-5-7-8/h3-6,11-12H,2H2,1H3;3-7,10-11H,2H2,1H3. The molecule has 0 spiro atoms. The third-order valence-corrected chi connectivity index (χ3v) is 4.06. The van der Waals surface area contributed by atoms with Crippen molar-refractivity contribution in [2.24, 2.45) is 0 Å². The van der Waals surface area contributed by atoms with Gasteiger partial charge >= 0.3 is 0 Å². The number of rotatable bonds is 4. The average molecular weight is 383 g/mol. The molecule has 0 aliphatic heterocycles. The predicted molar refractivity (Wildman–Crippen MR) is 93.4 cm³/mol. The van der Waals surface area contributed by atoms with Crippen molar-refractivity contribution in [2.45, 2.75) is 38.3 Å². The smallest absolute Gasteiger partial charge is 0.189 e. The second-order valence-corrected chi connectivity index (χ2v) is 6.13. The molecule has 23 heavy (non-hydrogen) atoms. The highest BCUT2D eigenvalue weighted by Gasteiger charge is 2.22. The largest absolute Gasteiger partial charge is 0.362 e. The summed E-state index contributed by atoms with van der Waals surface area (Å²) in [6.45, 7) is 3.45. The summed E-state index contributed by atoms with van der Waals surface area (Å²) in [5.41, 5.74) is 1.07. The Labute approximate surface area is 145 Å². The van der Waals surface area contributed by atoms with E-state index in [1.54, 1.807) is 62.4 Å². The van der Waals surface area contributed by atoms with E-state index in [4.69, 9.17) is 0 Å². The first kappa shape index (κ1) is 19.8. The Morgan fingerprint density at radius 2 is 1.09 bits per heavy atom. The van der Waals surface area contributed by atoms with Crippen LogP contribution < -0.4 is 0 Å². The minimum absolute atomic E-state index is 0.286. The van der Waals surface area contributed by atoms with Gasteiger partial charge in [-0.1, -0.05) is 72.2 Å². The van der Waals surface area contributed by atoms with Gasteiger partial charge in [-0.05, 0) is 12.1 Å². The Hall–Kier alpha value is -1.24. The number of aliphatic hydroxyl groups is 4. The molecule has 2 rings (SSSR count). The van der Waals surface area contributed by atoms with Crippen LogP contribution in [0.1, 0.15) is 37.8 Å². The van der Waals surface area contributed by atoms with Gasteiger partial charge in [0.15, 0.2) is 11.6 Å². The van der Waals surface area contributed by atoms with E-state index in [-0.39, 0.29) is 6.42 Å². The van der Waals surface area contributed by atoms with Crippen molar-refractivity contribution in [3.05, 3.63) is 70.2 Å². The molecule has 5 heteroatoms. The lowest BCUT2D eigenvalue weighted by Gasteiger charge is -2.19. The molecular formula is C18H23BrO4. The van der Waals surface area contributed by atoms with Crippen LogP contribution in [0.25, 0.3) is 0 Å². The summed E-state index contributed by atoms with van der Waals surface area (Å²) in [5, 5.41) is 37.6. The monoisotopic (exact) mass is 382 g/mol. The molecule has 4 N–H and O–H groups in total. The molecule has 126 valence electrons. The summed E-state index contributed by atoms with van der Waals surface area (Å²) >= 11 is 3.27. The zero-order valence-electron chi connectivity index (χ0n) is 13.3. The second kappa shape index (κ2) is 8.57. The topological polar surface area (TPSA) is 80.9 Å². The van der Waals surface area contributed by atoms with Crippen LogP contribution in [0, 0.1) is 0 Å². The van der Waals surface area contributed by atoms with E-state index in [9.17, 15) is 20.4 Å². The van der Waals surface area contributed by atoms with Gasteiger partial charge < -0.3 is 20.4 Å². The van der Waals surface area contributed by atoms with Crippen LogP contribution in [0.5, 0.6) is 0 Å². The molecule has 0 saturated carbocycles. The molecule has 0 fully saturated rings. The van der Waals surface area contributed by atoms with Crippen LogP contribution >= 0.6 is 15.9 Å². The van der Waals surface area contributed by atoms with Gasteiger partial charge in [-0.15, -0.1) is 0 Å². The zero-order valence-corrected chi connectivity index (χ0v) is 14.9. The third-order valence-electron chi connectivity index (χ3n) is 3.53. The molecule has 0 aliphatic carbocycles. The third kappa shape index (κ3) is 6.05. The summed E-state index contributed by atoms with van der Waals surface area (Å²) in [4.78, 5) is 0. The highest BCUT2D eigenvalue weighted by Crippen LogP contribution is 2.23. The summed E-state index contributed by atoms with van der Waals surface area (Å²) in [6.07, 6.45) is 0.589. The van der Waals surface area contributed by atoms with Crippen LogP contribution in [0.3, 0.4) is 0 Å². The molecular weight excluding hydrogens is 360 g/mol. The van der Waals surface area contributed by atoms with Crippen molar-refractivity contribution in [3.8, 4) is 0 Å². The fraction of sp³-hybridized carbons (Fsp3) is 0.333. The van der Waals surface area contributed by atoms with E-state index in [1.807, 2.05) is 6.07 Å². The highest BCUT2D eigenvalue weighted by molar-refractivity contribution is 9.10. The molecule has 0 amide bonds. The van der Waals surface area contributed by atoms with Gasteiger partial charge in [-0.3, -0.25) is 0 Å². The zero-order chi connectivity index (χ0) is 17.5. The fourth-order valence-corrected chi connectivity index (χ4v) is 2.09. The Bertz CT molecular complexity index is 580. The minimum Gasteiger partial charge on any atom is -0.362 e. The van der Waals surface area contributed by atoms with Crippen LogP contribution in [0.2, 0.25) is 0 Å². The van der Waals surface area contributed by atoms with Gasteiger partial charge in [0.1, 0.15) is 0 Å². The average Bonchev–Trinajstić information content (AvgIpc) is 2.56. The first-order chi connectivity index (χ1) is 10.7. The summed E-state index contributed by atoms with van der Waals surface area (Å²) in [6, 6.07) is 15.8. The molecule has 0 heterocycles. The molecule has 0 bridgehead atoms. The molecule has 0 aliphatic rings. The maximum atomic E-state index is 9.43. The highest BCUT2D eigenvalue weighted by atomic mass is 79.9. The van der Waals surface area contributed by atoms with E-state index < -0.39 is 11.6 Å². The van der Waals surface area contributed by atoms with Crippen molar-refractivity contribution >= 4 is 15.9 Å². The van der Waals surface area contributed by atoms with Gasteiger partial charge in [0.25, 0.3) is 0 Å². The van der Waals surface area contributed by atoms with Crippen molar-refractivity contribution in [1.82, 2.24) is 0 Å². The van der Waals surface area contributed by atoms with E-state index in [0.29, 0.717) is 17.5 Å². The van der Waals surface area contributed by atoms with Gasteiger partial charge in [0, 0.05) is 28.4 Å². The lowest BCUT2D eigenvalue weighted by Crippen LogP contribution is -2.23. The molecule has 0 saturated heterocycles. The first-order valence-electron chi connectivity index (χ1n) is 7.44. The molecule has 0 unspecified atom stereocenters. The SMILES string of the molecule is CCC(O)(O)c1ccc(Br)cc1.CCC(O)(O)c1ccccc1. The van der Waals surface area contributed by atoms with Gasteiger partial charge in [0.05, 0.1) is 0 Å². The van der Waals surface area contributed by atoms with E-state index in [2.05, 4.69) is 15.9 Å². The Balaban J connectivity index is 0.000000231. The molecule has 0 atom stereocenters. The Kier molecular flexibility index (Phi) is 7.38. The normalized spacial score (nSPS) is 11.6. The van der Waals surface area contributed by atoms with Crippen LogP contribution in [-0.4, -0.2) is 20.4 Å². The lowest BCUT2D eigenvalue weighted by molar-refractivity contribution is -0.171. The predicted octanol–water partition coefficient (Wildman–Crippen LogP) is 3.23. The van der Waals surface area contributed by atoms with Crippen LogP contribution in [0.15, 0.2) is 59.1 Å². The van der Waals surface area contributed by atoms with Crippen LogP contribution in [0.4, 0.5) is 0 Å². The van der Waals surface area contributed by atoms with E-state index >= 15 is 0 Å². The summed E-state index contributed by atoms with van der Waals surface area (Å²) in [7, 11) is 0. The number of benzene rings is 2. The molecule has 2 aromatic rings. The van der Waals surface area contributed by atoms with Crippen LogP contribution in [-0.2, 0) is 11.6 Å². The Morgan fingerprint density at radius 3 is 1.48 bits per heavy atom. The van der Waals surface area contributed by atoms with Gasteiger partial charge in [-0.25, -0.2) is 0 Å². The van der Waals surface area contributed by atoms with Crippen molar-refractivity contribution in [2.75, 3.05) is 0 Å². The second-order valence-electron chi connectivity index (χ2n) is 5.21. The Morgan fingerprint density at radius 1 is 0.696 bits per heavy atom. The fourth-order valence-electron chi connectivity index (χ4n) is 1.83. The van der Waals surface area contributed by atoms with Crippen molar-refractivity contribution in [1.29, 1.82) is 0 Å². The molecule has 0 radical (unpaired) electrons. The van der Waals surface area contributed by atoms with Gasteiger partial charge in [-0.2, -0.15) is 0 Å². The van der Waals surface area contributed by atoms with Crippen molar-refractivity contribution < 1.29 is 20.4 Å². The maximum Gasteiger partial charge on any atom is 0.189 e. The van der Waals surface area contributed by atoms with Crippen molar-refractivity contribution in [3.63, 3.8) is 0 Å². The lowest BCUT2D eigenvalue weighted by atomic mass is 10.0. The number of hydrogen-bond donors (Lipinski definition) is 4.